The third-order valence-electron chi connectivity index (χ3n) is 9.92. The zero-order valence-corrected chi connectivity index (χ0v) is 22.4. The highest BCUT2D eigenvalue weighted by Gasteiger charge is 2.77. The van der Waals surface area contributed by atoms with Crippen molar-refractivity contribution in [1.29, 1.82) is 0 Å². The molecule has 0 radical (unpaired) electrons. The number of allylic oxidation sites excluding steroid dienone is 1. The molecular weight excluding hydrogens is 470 g/mol. The molecule has 7 heteroatoms. The Balaban J connectivity index is 1.47. The number of carbonyl (C=O) groups excluding carboxylic acids is 2. The van der Waals surface area contributed by atoms with Crippen molar-refractivity contribution in [2.45, 2.75) is 71.6 Å². The number of amides is 1. The van der Waals surface area contributed by atoms with E-state index in [0.717, 1.165) is 12.0 Å². The van der Waals surface area contributed by atoms with Crippen LogP contribution in [0.5, 0.6) is 0 Å². The number of Topliss-reactive ketones (excluding diaryl/α,β-unsaturated/α-hetero) is 1. The summed E-state index contributed by atoms with van der Waals surface area (Å²) in [5, 5.41) is 15.7. The van der Waals surface area contributed by atoms with E-state index in [9.17, 15) is 14.7 Å². The van der Waals surface area contributed by atoms with Gasteiger partial charge in [-0.1, -0.05) is 51.1 Å². The normalized spacial score (nSPS) is 42.6. The van der Waals surface area contributed by atoms with Crippen molar-refractivity contribution >= 4 is 17.6 Å². The smallest absolute Gasteiger partial charge is 0.412 e. The average Bonchev–Trinajstić information content (AvgIpc) is 3.32. The lowest BCUT2D eigenvalue weighted by molar-refractivity contribution is -0.302. The second-order valence-corrected chi connectivity index (χ2v) is 12.8. The summed E-state index contributed by atoms with van der Waals surface area (Å²) < 4.78 is 18.5. The molecule has 1 aromatic carbocycles. The van der Waals surface area contributed by atoms with Crippen LogP contribution in [0.25, 0.3) is 0 Å². The number of rotatable bonds is 2. The molecule has 2 N–H and O–H groups in total. The van der Waals surface area contributed by atoms with Crippen molar-refractivity contribution in [2.75, 3.05) is 11.9 Å². The molecule has 198 valence electrons. The van der Waals surface area contributed by atoms with Crippen LogP contribution in [0.2, 0.25) is 0 Å². The Bertz CT molecular complexity index is 1220. The summed E-state index contributed by atoms with van der Waals surface area (Å²) in [5.41, 5.74) is -1.03. The Morgan fingerprint density at radius 3 is 2.57 bits per heavy atom. The monoisotopic (exact) mass is 507 g/mol. The van der Waals surface area contributed by atoms with Crippen LogP contribution in [-0.4, -0.2) is 47.2 Å². The zero-order chi connectivity index (χ0) is 26.5. The van der Waals surface area contributed by atoms with Gasteiger partial charge in [-0.05, 0) is 73.6 Å². The number of para-hydroxylation sites is 1. The highest BCUT2D eigenvalue weighted by molar-refractivity contribution is 5.95. The number of nitrogens with one attached hydrogen (secondary N) is 1. The number of hydrogen-bond donors (Lipinski definition) is 2. The molecule has 3 fully saturated rings. The maximum atomic E-state index is 14.7. The summed E-state index contributed by atoms with van der Waals surface area (Å²) in [7, 11) is 0. The van der Waals surface area contributed by atoms with Crippen LogP contribution in [0.15, 0.2) is 53.6 Å². The second-order valence-electron chi connectivity index (χ2n) is 12.8. The summed E-state index contributed by atoms with van der Waals surface area (Å²) in [6.07, 6.45) is 2.10. The van der Waals surface area contributed by atoms with E-state index in [1.54, 1.807) is 12.1 Å². The van der Waals surface area contributed by atoms with Crippen molar-refractivity contribution in [2.24, 2.45) is 34.5 Å². The van der Waals surface area contributed by atoms with Gasteiger partial charge in [-0.15, -0.1) is 0 Å². The lowest BCUT2D eigenvalue weighted by Crippen LogP contribution is -2.68. The summed E-state index contributed by atoms with van der Waals surface area (Å²) in [5.74, 6) is -0.933. The van der Waals surface area contributed by atoms with Gasteiger partial charge in [0, 0.05) is 11.6 Å². The fourth-order valence-electron chi connectivity index (χ4n) is 8.08. The molecule has 8 atom stereocenters. The van der Waals surface area contributed by atoms with Crippen molar-refractivity contribution in [3.8, 4) is 0 Å². The number of carbonyl (C=O) groups is 2. The minimum absolute atomic E-state index is 0.00204. The van der Waals surface area contributed by atoms with Crippen molar-refractivity contribution in [3.63, 3.8) is 0 Å². The Morgan fingerprint density at radius 1 is 1.16 bits per heavy atom. The van der Waals surface area contributed by atoms with Gasteiger partial charge in [-0.2, -0.15) is 0 Å². The van der Waals surface area contributed by atoms with Gasteiger partial charge in [-0.25, -0.2) is 4.79 Å². The molecule has 1 aliphatic heterocycles. The SMILES string of the molecule is CC1=C[C@]23C(=O)[C@@H](C=C4COC(C)(C)O[C@H]4[C@]2(O)[C@H]1OC(=O)Nc1ccccc1)[C@H]1[C@@H](C[C@H]3C)C1(C)C. The molecular formula is C30H37NO6. The molecule has 37 heavy (non-hydrogen) atoms. The predicted octanol–water partition coefficient (Wildman–Crippen LogP) is 4.87. The molecule has 1 saturated heterocycles. The molecule has 7 nitrogen and oxygen atoms in total. The van der Waals surface area contributed by atoms with E-state index in [-0.39, 0.29) is 35.6 Å². The van der Waals surface area contributed by atoms with Gasteiger partial charge in [0.05, 0.1) is 12.0 Å². The first kappa shape index (κ1) is 24.8. The summed E-state index contributed by atoms with van der Waals surface area (Å²) in [4.78, 5) is 27.8. The largest absolute Gasteiger partial charge is 0.438 e. The maximum absolute atomic E-state index is 14.7. The fraction of sp³-hybridized carbons (Fsp3) is 0.600. The van der Waals surface area contributed by atoms with Gasteiger partial charge in [-0.3, -0.25) is 10.1 Å². The van der Waals surface area contributed by atoms with E-state index in [1.165, 1.54) is 0 Å². The van der Waals surface area contributed by atoms with Crippen LogP contribution in [0.3, 0.4) is 0 Å². The van der Waals surface area contributed by atoms with E-state index >= 15 is 0 Å². The third-order valence-corrected chi connectivity index (χ3v) is 9.92. The minimum atomic E-state index is -1.82. The predicted molar refractivity (Wildman–Crippen MR) is 137 cm³/mol. The summed E-state index contributed by atoms with van der Waals surface area (Å²) in [6, 6.07) is 9.02. The highest BCUT2D eigenvalue weighted by Crippen LogP contribution is 2.72. The van der Waals surface area contributed by atoms with Gasteiger partial charge in [0.1, 0.15) is 6.10 Å². The molecule has 1 heterocycles. The Kier molecular flexibility index (Phi) is 5.22. The van der Waals surface area contributed by atoms with E-state index in [1.807, 2.05) is 51.1 Å². The molecule has 4 aliphatic carbocycles. The third kappa shape index (κ3) is 3.30. The lowest BCUT2D eigenvalue weighted by atomic mass is 9.59. The first-order valence-corrected chi connectivity index (χ1v) is 13.3. The van der Waals surface area contributed by atoms with Crippen LogP contribution in [-0.2, 0) is 19.0 Å². The van der Waals surface area contributed by atoms with E-state index < -0.39 is 35.1 Å². The first-order valence-electron chi connectivity index (χ1n) is 13.3. The van der Waals surface area contributed by atoms with Gasteiger partial charge in [0.15, 0.2) is 23.3 Å². The van der Waals surface area contributed by atoms with Crippen LogP contribution >= 0.6 is 0 Å². The number of aliphatic hydroxyl groups is 1. The number of benzene rings is 1. The van der Waals surface area contributed by atoms with Crippen LogP contribution in [0, 0.1) is 34.5 Å². The van der Waals surface area contributed by atoms with Gasteiger partial charge in [0.2, 0.25) is 0 Å². The Morgan fingerprint density at radius 2 is 1.86 bits per heavy atom. The van der Waals surface area contributed by atoms with E-state index in [4.69, 9.17) is 14.2 Å². The number of ether oxygens (including phenoxy) is 3. The molecule has 1 aromatic rings. The van der Waals surface area contributed by atoms with Gasteiger partial charge < -0.3 is 19.3 Å². The fourth-order valence-corrected chi connectivity index (χ4v) is 8.08. The number of hydrogen-bond acceptors (Lipinski definition) is 6. The average molecular weight is 508 g/mol. The lowest BCUT2D eigenvalue weighted by Gasteiger charge is -2.52. The molecule has 1 amide bonds. The quantitative estimate of drug-likeness (QED) is 0.555. The number of fused-ring (bicyclic) bond motifs is 5. The standard InChI is InChI=1S/C30H37NO6/c1-16-14-29-17(2)12-21-22(27(21,3)4)20(23(29)32)13-18-15-35-28(5,6)37-25(18)30(29,34)24(16)36-26(33)31-19-10-8-7-9-11-19/h7-11,13-14,17,20-22,24-25,34H,12,15H2,1-6H3,(H,31,33)/t17-,20+,21-,22+,24+,25-,29+,30-/m1/s1. The molecule has 0 aromatic heterocycles. The second kappa shape index (κ2) is 7.78. The van der Waals surface area contributed by atoms with Crippen molar-refractivity contribution < 1.29 is 28.9 Å². The molecule has 0 unspecified atom stereocenters. The van der Waals surface area contributed by atoms with Crippen molar-refractivity contribution in [1.82, 2.24) is 0 Å². The molecule has 6 rings (SSSR count). The topological polar surface area (TPSA) is 94.1 Å². The molecule has 2 bridgehead atoms. The minimum Gasteiger partial charge on any atom is -0.438 e. The molecule has 1 spiro atoms. The zero-order valence-electron chi connectivity index (χ0n) is 22.4. The first-order chi connectivity index (χ1) is 17.3. The van der Waals surface area contributed by atoms with Gasteiger partial charge >= 0.3 is 6.09 Å². The Hall–Kier alpha value is -2.48. The number of ketones is 1. The maximum Gasteiger partial charge on any atom is 0.412 e. The molecule has 5 aliphatic rings. The number of anilines is 1. The highest BCUT2D eigenvalue weighted by atomic mass is 16.7. The van der Waals surface area contributed by atoms with Gasteiger partial charge in [0.25, 0.3) is 0 Å². The van der Waals surface area contributed by atoms with Crippen molar-refractivity contribution in [3.05, 3.63) is 53.6 Å². The van der Waals surface area contributed by atoms with E-state index in [2.05, 4.69) is 26.1 Å². The van der Waals surface area contributed by atoms with Crippen LogP contribution in [0.4, 0.5) is 10.5 Å². The molecule has 2 saturated carbocycles. The Labute approximate surface area is 218 Å². The summed E-state index contributed by atoms with van der Waals surface area (Å²) in [6.45, 7) is 12.2. The van der Waals surface area contributed by atoms with Crippen LogP contribution in [0.1, 0.15) is 48.0 Å². The van der Waals surface area contributed by atoms with Crippen LogP contribution < -0.4 is 5.32 Å². The summed E-state index contributed by atoms with van der Waals surface area (Å²) >= 11 is 0. The van der Waals surface area contributed by atoms with E-state index in [0.29, 0.717) is 17.2 Å².